The van der Waals surface area contributed by atoms with E-state index in [1.165, 1.54) is 0 Å². The van der Waals surface area contributed by atoms with Gasteiger partial charge >= 0.3 is 0 Å². The van der Waals surface area contributed by atoms with Crippen LogP contribution < -0.4 is 15.4 Å². The Morgan fingerprint density at radius 3 is 2.44 bits per heavy atom. The normalized spacial score (nSPS) is 14.8. The molecule has 3 aromatic heterocycles. The molecule has 0 aromatic carbocycles. The summed E-state index contributed by atoms with van der Waals surface area (Å²) in [6, 6.07) is 3.77. The van der Waals surface area contributed by atoms with Crippen LogP contribution in [0.1, 0.15) is 0 Å². The van der Waals surface area contributed by atoms with Gasteiger partial charge in [-0.3, -0.25) is 4.79 Å². The van der Waals surface area contributed by atoms with Gasteiger partial charge in [0, 0.05) is 64.1 Å². The van der Waals surface area contributed by atoms with Crippen LogP contribution in [0.2, 0.25) is 0 Å². The van der Waals surface area contributed by atoms with Crippen LogP contribution in [-0.4, -0.2) is 55.5 Å². The van der Waals surface area contributed by atoms with E-state index in [-0.39, 0.29) is 5.56 Å². The zero-order valence-electron chi connectivity index (χ0n) is 13.9. The second-order valence-electron chi connectivity index (χ2n) is 5.83. The van der Waals surface area contributed by atoms with E-state index in [4.69, 9.17) is 0 Å². The molecule has 1 fully saturated rings. The van der Waals surface area contributed by atoms with Crippen LogP contribution in [0.3, 0.4) is 0 Å². The molecule has 0 saturated carbocycles. The molecule has 4 heterocycles. The van der Waals surface area contributed by atoms with Gasteiger partial charge in [0.2, 0.25) is 0 Å². The van der Waals surface area contributed by atoms with Crippen molar-refractivity contribution >= 4 is 11.6 Å². The smallest absolute Gasteiger partial charge is 0.293 e. The Balaban J connectivity index is 1.50. The molecule has 25 heavy (non-hydrogen) atoms. The van der Waals surface area contributed by atoms with Gasteiger partial charge in [0.15, 0.2) is 11.6 Å². The van der Waals surface area contributed by atoms with Gasteiger partial charge in [0.1, 0.15) is 12.1 Å². The molecule has 0 N–H and O–H groups in total. The number of piperazine rings is 1. The summed E-state index contributed by atoms with van der Waals surface area (Å²) >= 11 is 0. The lowest BCUT2D eigenvalue weighted by atomic mass is 10.3. The van der Waals surface area contributed by atoms with Gasteiger partial charge in [-0.25, -0.2) is 19.6 Å². The van der Waals surface area contributed by atoms with E-state index in [1.54, 1.807) is 41.2 Å². The summed E-state index contributed by atoms with van der Waals surface area (Å²) < 4.78 is 3.26. The van der Waals surface area contributed by atoms with Crippen molar-refractivity contribution in [3.63, 3.8) is 0 Å². The SMILES string of the molecule is Cn1ccnc(N2CCN(c3cc(-n4cccn4)ncn3)CC2)c1=O. The topological polar surface area (TPSA) is 85.0 Å². The summed E-state index contributed by atoms with van der Waals surface area (Å²) in [6.45, 7) is 2.95. The molecule has 0 unspecified atom stereocenters. The molecule has 0 aliphatic carbocycles. The summed E-state index contributed by atoms with van der Waals surface area (Å²) in [5, 5.41) is 4.20. The zero-order valence-corrected chi connectivity index (χ0v) is 13.9. The third-order valence-electron chi connectivity index (χ3n) is 4.28. The van der Waals surface area contributed by atoms with Crippen molar-refractivity contribution in [2.75, 3.05) is 36.0 Å². The fourth-order valence-corrected chi connectivity index (χ4v) is 2.89. The van der Waals surface area contributed by atoms with Gasteiger partial charge in [-0.1, -0.05) is 0 Å². The number of aromatic nitrogens is 6. The predicted molar refractivity (Wildman–Crippen MR) is 93.1 cm³/mol. The maximum atomic E-state index is 12.2. The molecule has 1 aliphatic rings. The molecule has 4 rings (SSSR count). The first-order chi connectivity index (χ1) is 12.2. The van der Waals surface area contributed by atoms with E-state index in [0.29, 0.717) is 18.9 Å². The minimum atomic E-state index is -0.0704. The van der Waals surface area contributed by atoms with E-state index >= 15 is 0 Å². The Bertz CT molecular complexity index is 912. The van der Waals surface area contributed by atoms with E-state index in [1.807, 2.05) is 23.2 Å². The van der Waals surface area contributed by atoms with Gasteiger partial charge in [-0.05, 0) is 6.07 Å². The first kappa shape index (κ1) is 15.3. The third kappa shape index (κ3) is 2.95. The maximum absolute atomic E-state index is 12.2. The average Bonchev–Trinajstić information content (AvgIpc) is 3.19. The Labute approximate surface area is 144 Å². The van der Waals surface area contributed by atoms with Crippen LogP contribution in [0.25, 0.3) is 5.82 Å². The number of aryl methyl sites for hydroxylation is 1. The minimum absolute atomic E-state index is 0.0704. The first-order valence-corrected chi connectivity index (χ1v) is 8.06. The fourth-order valence-electron chi connectivity index (χ4n) is 2.89. The van der Waals surface area contributed by atoms with Crippen molar-refractivity contribution in [1.29, 1.82) is 0 Å². The lowest BCUT2D eigenvalue weighted by Crippen LogP contribution is -2.49. The summed E-state index contributed by atoms with van der Waals surface area (Å²) in [5.74, 6) is 2.09. The fraction of sp³-hybridized carbons (Fsp3) is 0.312. The highest BCUT2D eigenvalue weighted by Gasteiger charge is 2.21. The van der Waals surface area contributed by atoms with Gasteiger partial charge < -0.3 is 14.4 Å². The van der Waals surface area contributed by atoms with Crippen molar-refractivity contribution in [3.8, 4) is 5.82 Å². The molecular formula is C16H18N8O. The van der Waals surface area contributed by atoms with Crippen molar-refractivity contribution in [2.45, 2.75) is 0 Å². The van der Waals surface area contributed by atoms with Crippen molar-refractivity contribution in [2.24, 2.45) is 7.05 Å². The quantitative estimate of drug-likeness (QED) is 0.669. The van der Waals surface area contributed by atoms with Crippen LogP contribution >= 0.6 is 0 Å². The number of hydrogen-bond acceptors (Lipinski definition) is 7. The lowest BCUT2D eigenvalue weighted by Gasteiger charge is -2.35. The molecule has 0 atom stereocenters. The van der Waals surface area contributed by atoms with Crippen molar-refractivity contribution in [3.05, 3.63) is 53.6 Å². The Morgan fingerprint density at radius 1 is 0.920 bits per heavy atom. The third-order valence-corrected chi connectivity index (χ3v) is 4.28. The predicted octanol–water partition coefficient (Wildman–Crippen LogP) is 0.0826. The van der Waals surface area contributed by atoms with Gasteiger partial charge in [0.25, 0.3) is 5.56 Å². The molecule has 9 nitrogen and oxygen atoms in total. The molecule has 1 aliphatic heterocycles. The highest BCUT2D eigenvalue weighted by atomic mass is 16.1. The van der Waals surface area contributed by atoms with Crippen LogP contribution in [0, 0.1) is 0 Å². The molecule has 0 amide bonds. The number of rotatable bonds is 3. The summed E-state index contributed by atoms with van der Waals surface area (Å²) in [6.07, 6.45) is 8.44. The molecule has 3 aromatic rings. The summed E-state index contributed by atoms with van der Waals surface area (Å²) in [5.41, 5.74) is -0.0704. The zero-order chi connectivity index (χ0) is 17.2. The Hall–Kier alpha value is -3.23. The van der Waals surface area contributed by atoms with Gasteiger partial charge in [0.05, 0.1) is 0 Å². The van der Waals surface area contributed by atoms with Crippen LogP contribution in [-0.2, 0) is 7.05 Å². The van der Waals surface area contributed by atoms with Crippen LogP contribution in [0.5, 0.6) is 0 Å². The largest absolute Gasteiger partial charge is 0.353 e. The lowest BCUT2D eigenvalue weighted by molar-refractivity contribution is 0.633. The monoisotopic (exact) mass is 338 g/mol. The highest BCUT2D eigenvalue weighted by molar-refractivity contribution is 5.46. The molecule has 0 radical (unpaired) electrons. The Morgan fingerprint density at radius 2 is 1.68 bits per heavy atom. The number of anilines is 2. The van der Waals surface area contributed by atoms with Crippen molar-refractivity contribution in [1.82, 2.24) is 29.3 Å². The average molecular weight is 338 g/mol. The van der Waals surface area contributed by atoms with E-state index in [2.05, 4.69) is 25.0 Å². The number of nitrogens with zero attached hydrogens (tertiary/aromatic N) is 8. The standard InChI is InChI=1S/C16H18N8O/c1-21-6-4-17-15(16(21)25)23-9-7-22(8-10-23)13-11-14(19-12-18-13)24-5-2-3-20-24/h2-6,11-12H,7-10H2,1H3. The van der Waals surface area contributed by atoms with Crippen LogP contribution in [0.4, 0.5) is 11.6 Å². The van der Waals surface area contributed by atoms with Gasteiger partial charge in [-0.2, -0.15) is 5.10 Å². The molecule has 0 spiro atoms. The van der Waals surface area contributed by atoms with Gasteiger partial charge in [-0.15, -0.1) is 0 Å². The van der Waals surface area contributed by atoms with Crippen LogP contribution in [0.15, 0.2) is 48.0 Å². The second kappa shape index (κ2) is 6.34. The number of hydrogen-bond donors (Lipinski definition) is 0. The molecule has 1 saturated heterocycles. The summed E-state index contributed by atoms with van der Waals surface area (Å²) in [7, 11) is 1.74. The molecule has 128 valence electrons. The maximum Gasteiger partial charge on any atom is 0.293 e. The highest BCUT2D eigenvalue weighted by Crippen LogP contribution is 2.17. The summed E-state index contributed by atoms with van der Waals surface area (Å²) in [4.78, 5) is 29.3. The molecule has 9 heteroatoms. The Kier molecular flexibility index (Phi) is 3.88. The second-order valence-corrected chi connectivity index (χ2v) is 5.83. The minimum Gasteiger partial charge on any atom is -0.353 e. The van der Waals surface area contributed by atoms with E-state index < -0.39 is 0 Å². The van der Waals surface area contributed by atoms with Crippen molar-refractivity contribution < 1.29 is 0 Å². The molecule has 0 bridgehead atoms. The first-order valence-electron chi connectivity index (χ1n) is 8.06. The molecular weight excluding hydrogens is 320 g/mol. The van der Waals surface area contributed by atoms with E-state index in [0.717, 1.165) is 24.7 Å². The van der Waals surface area contributed by atoms with E-state index in [9.17, 15) is 4.79 Å².